The van der Waals surface area contributed by atoms with Crippen LogP contribution in [0, 0.1) is 11.8 Å². The van der Waals surface area contributed by atoms with Crippen LogP contribution < -0.4 is 5.73 Å². The van der Waals surface area contributed by atoms with Gasteiger partial charge in [-0.3, -0.25) is 0 Å². The Morgan fingerprint density at radius 2 is 1.80 bits per heavy atom. The Labute approximate surface area is 125 Å². The number of nitrogens with two attached hydrogens (primary N) is 1. The van der Waals surface area contributed by atoms with Gasteiger partial charge in [-0.2, -0.15) is 13.2 Å². The SMILES string of the molecule is CC1CCC(C(N)c2ccc(Br)c(C(F)(F)F)c2)CC1. The summed E-state index contributed by atoms with van der Waals surface area (Å²) >= 11 is 2.96. The first-order chi connectivity index (χ1) is 9.29. The maximum absolute atomic E-state index is 12.9. The molecule has 1 saturated carbocycles. The highest BCUT2D eigenvalue weighted by Gasteiger charge is 2.34. The van der Waals surface area contributed by atoms with Gasteiger partial charge in [-0.1, -0.05) is 41.8 Å². The van der Waals surface area contributed by atoms with Crippen molar-refractivity contribution < 1.29 is 13.2 Å². The first kappa shape index (κ1) is 15.8. The maximum Gasteiger partial charge on any atom is 0.417 e. The molecule has 2 rings (SSSR count). The summed E-state index contributed by atoms with van der Waals surface area (Å²) in [6.45, 7) is 2.21. The van der Waals surface area contributed by atoms with Crippen LogP contribution in [0.1, 0.15) is 49.8 Å². The summed E-state index contributed by atoms with van der Waals surface area (Å²) in [5, 5.41) is 0. The number of alkyl halides is 3. The fourth-order valence-electron chi connectivity index (χ4n) is 2.88. The van der Waals surface area contributed by atoms with Crippen molar-refractivity contribution in [3.63, 3.8) is 0 Å². The number of rotatable bonds is 2. The largest absolute Gasteiger partial charge is 0.417 e. The minimum absolute atomic E-state index is 0.0678. The first-order valence-electron chi connectivity index (χ1n) is 6.91. The molecular formula is C15H19BrF3N. The topological polar surface area (TPSA) is 26.0 Å². The molecule has 1 atom stereocenters. The average Bonchev–Trinajstić information content (AvgIpc) is 2.38. The van der Waals surface area contributed by atoms with Crippen LogP contribution in [-0.4, -0.2) is 0 Å². The fourth-order valence-corrected chi connectivity index (χ4v) is 3.36. The van der Waals surface area contributed by atoms with E-state index in [1.807, 2.05) is 0 Å². The Morgan fingerprint density at radius 3 is 2.35 bits per heavy atom. The van der Waals surface area contributed by atoms with Crippen molar-refractivity contribution in [1.29, 1.82) is 0 Å². The maximum atomic E-state index is 12.9. The van der Waals surface area contributed by atoms with Crippen LogP contribution in [0.5, 0.6) is 0 Å². The summed E-state index contributed by atoms with van der Waals surface area (Å²) in [4.78, 5) is 0. The molecule has 1 aromatic carbocycles. The number of hydrogen-bond donors (Lipinski definition) is 1. The van der Waals surface area contributed by atoms with Crippen LogP contribution >= 0.6 is 15.9 Å². The minimum Gasteiger partial charge on any atom is -0.324 e. The molecule has 1 aliphatic carbocycles. The standard InChI is InChI=1S/C15H19BrF3N/c1-9-2-4-10(5-3-9)14(20)11-6-7-13(16)12(8-11)15(17,18)19/h6-10,14H,2-5,20H2,1H3. The third kappa shape index (κ3) is 3.55. The molecule has 0 bridgehead atoms. The molecule has 0 aromatic heterocycles. The highest BCUT2D eigenvalue weighted by atomic mass is 79.9. The first-order valence-corrected chi connectivity index (χ1v) is 7.70. The lowest BCUT2D eigenvalue weighted by atomic mass is 9.77. The molecule has 0 radical (unpaired) electrons. The van der Waals surface area contributed by atoms with Crippen LogP contribution in [0.2, 0.25) is 0 Å². The molecule has 0 amide bonds. The van der Waals surface area contributed by atoms with Crippen molar-refractivity contribution in [3.05, 3.63) is 33.8 Å². The van der Waals surface area contributed by atoms with E-state index in [2.05, 4.69) is 22.9 Å². The lowest BCUT2D eigenvalue weighted by molar-refractivity contribution is -0.138. The van der Waals surface area contributed by atoms with Gasteiger partial charge in [-0.15, -0.1) is 0 Å². The Morgan fingerprint density at radius 1 is 1.20 bits per heavy atom. The van der Waals surface area contributed by atoms with Crippen molar-refractivity contribution in [2.24, 2.45) is 17.6 Å². The van der Waals surface area contributed by atoms with Crippen molar-refractivity contribution in [3.8, 4) is 0 Å². The number of halogens is 4. The Bertz CT molecular complexity index is 465. The molecule has 1 fully saturated rings. The van der Waals surface area contributed by atoms with Gasteiger partial charge < -0.3 is 5.73 Å². The van der Waals surface area contributed by atoms with Crippen molar-refractivity contribution in [1.82, 2.24) is 0 Å². The second-order valence-electron chi connectivity index (χ2n) is 5.78. The molecule has 5 heteroatoms. The van der Waals surface area contributed by atoms with E-state index in [0.717, 1.165) is 25.7 Å². The van der Waals surface area contributed by atoms with Crippen LogP contribution in [0.15, 0.2) is 22.7 Å². The van der Waals surface area contributed by atoms with Gasteiger partial charge in [0.25, 0.3) is 0 Å². The number of hydrogen-bond acceptors (Lipinski definition) is 1. The van der Waals surface area contributed by atoms with E-state index in [4.69, 9.17) is 5.73 Å². The number of benzene rings is 1. The lowest BCUT2D eigenvalue weighted by Gasteiger charge is -2.31. The fraction of sp³-hybridized carbons (Fsp3) is 0.600. The van der Waals surface area contributed by atoms with Crippen molar-refractivity contribution in [2.75, 3.05) is 0 Å². The van der Waals surface area contributed by atoms with Gasteiger partial charge in [-0.25, -0.2) is 0 Å². The Kier molecular flexibility index (Phi) is 4.80. The van der Waals surface area contributed by atoms with E-state index in [9.17, 15) is 13.2 Å². The molecule has 112 valence electrons. The molecule has 0 saturated heterocycles. The highest BCUT2D eigenvalue weighted by Crippen LogP contribution is 2.39. The van der Waals surface area contributed by atoms with Crippen LogP contribution in [-0.2, 0) is 6.18 Å². The van der Waals surface area contributed by atoms with Gasteiger partial charge in [0.05, 0.1) is 5.56 Å². The summed E-state index contributed by atoms with van der Waals surface area (Å²) in [7, 11) is 0. The van der Waals surface area contributed by atoms with Gasteiger partial charge in [-0.05, 0) is 42.4 Å². The third-order valence-electron chi connectivity index (χ3n) is 4.25. The Hall–Kier alpha value is -0.550. The van der Waals surface area contributed by atoms with Gasteiger partial charge >= 0.3 is 6.18 Å². The normalized spacial score (nSPS) is 25.5. The van der Waals surface area contributed by atoms with Gasteiger partial charge in [0.15, 0.2) is 0 Å². The molecule has 1 aromatic rings. The highest BCUT2D eigenvalue weighted by molar-refractivity contribution is 9.10. The van der Waals surface area contributed by atoms with Crippen LogP contribution in [0.4, 0.5) is 13.2 Å². The molecule has 20 heavy (non-hydrogen) atoms. The molecule has 0 aliphatic heterocycles. The van der Waals surface area contributed by atoms with Gasteiger partial charge in [0.1, 0.15) is 0 Å². The molecular weight excluding hydrogens is 331 g/mol. The van der Waals surface area contributed by atoms with Crippen molar-refractivity contribution >= 4 is 15.9 Å². The molecule has 2 N–H and O–H groups in total. The average molecular weight is 350 g/mol. The second-order valence-corrected chi connectivity index (χ2v) is 6.64. The van der Waals surface area contributed by atoms with E-state index in [1.54, 1.807) is 6.07 Å². The van der Waals surface area contributed by atoms with Crippen LogP contribution in [0.3, 0.4) is 0 Å². The lowest BCUT2D eigenvalue weighted by Crippen LogP contribution is -2.25. The quantitative estimate of drug-likeness (QED) is 0.770. The molecule has 0 heterocycles. The van der Waals surface area contributed by atoms with Crippen LogP contribution in [0.25, 0.3) is 0 Å². The summed E-state index contributed by atoms with van der Waals surface area (Å²) in [6.07, 6.45) is -0.128. The smallest absolute Gasteiger partial charge is 0.324 e. The summed E-state index contributed by atoms with van der Waals surface area (Å²) < 4.78 is 38.8. The third-order valence-corrected chi connectivity index (χ3v) is 4.94. The predicted octanol–water partition coefficient (Wildman–Crippen LogP) is 5.29. The second kappa shape index (κ2) is 6.06. The van der Waals surface area contributed by atoms with Gasteiger partial charge in [0, 0.05) is 10.5 Å². The summed E-state index contributed by atoms with van der Waals surface area (Å²) in [6, 6.07) is 4.02. The zero-order valence-electron chi connectivity index (χ0n) is 11.4. The van der Waals surface area contributed by atoms with Gasteiger partial charge in [0.2, 0.25) is 0 Å². The molecule has 1 nitrogen and oxygen atoms in total. The molecule has 1 aliphatic rings. The van der Waals surface area contributed by atoms with E-state index >= 15 is 0 Å². The van der Waals surface area contributed by atoms with E-state index in [0.29, 0.717) is 11.5 Å². The van der Waals surface area contributed by atoms with Crippen molar-refractivity contribution in [2.45, 2.75) is 44.8 Å². The van der Waals surface area contributed by atoms with E-state index in [-0.39, 0.29) is 16.4 Å². The molecule has 1 unspecified atom stereocenters. The summed E-state index contributed by atoms with van der Waals surface area (Å²) in [5.41, 5.74) is 6.13. The molecule has 0 spiro atoms. The minimum atomic E-state index is -4.35. The monoisotopic (exact) mass is 349 g/mol. The zero-order chi connectivity index (χ0) is 14.9. The zero-order valence-corrected chi connectivity index (χ0v) is 13.0. The Balaban J connectivity index is 2.20. The predicted molar refractivity (Wildman–Crippen MR) is 77.2 cm³/mol. The van der Waals surface area contributed by atoms with E-state index < -0.39 is 11.7 Å². The van der Waals surface area contributed by atoms with E-state index in [1.165, 1.54) is 12.1 Å². The summed E-state index contributed by atoms with van der Waals surface area (Å²) in [5.74, 6) is 0.988.